The van der Waals surface area contributed by atoms with Crippen LogP contribution in [0.4, 0.5) is 5.95 Å². The second-order valence-electron chi connectivity index (χ2n) is 4.78. The molecule has 0 spiro atoms. The Morgan fingerprint density at radius 1 is 1.24 bits per heavy atom. The van der Waals surface area contributed by atoms with E-state index in [0.717, 1.165) is 19.4 Å². The van der Waals surface area contributed by atoms with E-state index in [1.54, 1.807) is 0 Å². The van der Waals surface area contributed by atoms with Crippen LogP contribution >= 0.6 is 0 Å². The molecule has 2 N–H and O–H groups in total. The Balaban J connectivity index is 2.64. The molecule has 0 atom stereocenters. The molecule has 0 fully saturated rings. The number of unbranched alkanes of at least 4 members (excludes halogenated alkanes) is 2. The van der Waals surface area contributed by atoms with E-state index in [1.165, 1.54) is 23.7 Å². The minimum Gasteiger partial charge on any atom is -0.396 e. The van der Waals surface area contributed by atoms with E-state index in [2.05, 4.69) is 15.3 Å². The molecule has 7 nitrogen and oxygen atoms in total. The van der Waals surface area contributed by atoms with Crippen molar-refractivity contribution in [3.63, 3.8) is 0 Å². The van der Waals surface area contributed by atoms with Gasteiger partial charge in [0.05, 0.1) is 12.4 Å². The Kier molecular flexibility index (Phi) is 7.55. The highest BCUT2D eigenvalue weighted by Crippen LogP contribution is 2.14. The standard InChI is InChI=1S/C13H24N4O3S/c1-3-7-14-13-15-10-12(11-16-13)21(19,20)17(2)8-5-4-6-9-18/h10-11,18H,3-9H2,1-2H3,(H,14,15,16). The van der Waals surface area contributed by atoms with Gasteiger partial charge in [0.1, 0.15) is 4.90 Å². The van der Waals surface area contributed by atoms with Crippen LogP contribution in [0.2, 0.25) is 0 Å². The summed E-state index contributed by atoms with van der Waals surface area (Å²) < 4.78 is 25.9. The second-order valence-corrected chi connectivity index (χ2v) is 6.82. The minimum atomic E-state index is -3.55. The van der Waals surface area contributed by atoms with Crippen LogP contribution in [-0.4, -0.2) is 54.5 Å². The molecule has 8 heteroatoms. The number of nitrogens with one attached hydrogen (secondary N) is 1. The first-order chi connectivity index (χ1) is 10.0. The lowest BCUT2D eigenvalue weighted by Gasteiger charge is -2.16. The predicted octanol–water partition coefficient (Wildman–Crippen LogP) is 1.08. The molecule has 0 amide bonds. The number of anilines is 1. The average molecular weight is 316 g/mol. The number of hydrogen-bond acceptors (Lipinski definition) is 6. The van der Waals surface area contributed by atoms with Crippen LogP contribution < -0.4 is 5.32 Å². The predicted molar refractivity (Wildman–Crippen MR) is 81.6 cm³/mol. The zero-order chi connectivity index (χ0) is 15.7. The van der Waals surface area contributed by atoms with Crippen molar-refractivity contribution in [2.45, 2.75) is 37.5 Å². The Morgan fingerprint density at radius 2 is 1.90 bits per heavy atom. The van der Waals surface area contributed by atoms with Gasteiger partial charge in [0.2, 0.25) is 16.0 Å². The third-order valence-electron chi connectivity index (χ3n) is 3.00. The zero-order valence-corrected chi connectivity index (χ0v) is 13.4. The molecule has 0 saturated carbocycles. The monoisotopic (exact) mass is 316 g/mol. The fraction of sp³-hybridized carbons (Fsp3) is 0.692. The van der Waals surface area contributed by atoms with E-state index in [9.17, 15) is 8.42 Å². The van der Waals surface area contributed by atoms with Crippen molar-refractivity contribution in [1.82, 2.24) is 14.3 Å². The molecule has 0 radical (unpaired) electrons. The van der Waals surface area contributed by atoms with Gasteiger partial charge in [-0.3, -0.25) is 0 Å². The fourth-order valence-corrected chi connectivity index (χ4v) is 2.80. The van der Waals surface area contributed by atoms with Gasteiger partial charge in [0.25, 0.3) is 0 Å². The maximum absolute atomic E-state index is 12.3. The van der Waals surface area contributed by atoms with Crippen molar-refractivity contribution < 1.29 is 13.5 Å². The van der Waals surface area contributed by atoms with E-state index in [1.807, 2.05) is 6.92 Å². The van der Waals surface area contributed by atoms with E-state index in [0.29, 0.717) is 25.3 Å². The SMILES string of the molecule is CCCNc1ncc(S(=O)(=O)N(C)CCCCCO)cn1. The maximum Gasteiger partial charge on any atom is 0.245 e. The molecule has 21 heavy (non-hydrogen) atoms. The highest BCUT2D eigenvalue weighted by atomic mass is 32.2. The molecule has 120 valence electrons. The summed E-state index contributed by atoms with van der Waals surface area (Å²) in [5.41, 5.74) is 0. The summed E-state index contributed by atoms with van der Waals surface area (Å²) in [6.45, 7) is 3.32. The number of aliphatic hydroxyl groups is 1. The summed E-state index contributed by atoms with van der Waals surface area (Å²) in [7, 11) is -2.01. The lowest BCUT2D eigenvalue weighted by atomic mass is 10.2. The van der Waals surface area contributed by atoms with E-state index in [4.69, 9.17) is 5.11 Å². The summed E-state index contributed by atoms with van der Waals surface area (Å²) in [4.78, 5) is 8.12. The first kappa shape index (κ1) is 17.8. The smallest absolute Gasteiger partial charge is 0.245 e. The molecule has 0 unspecified atom stereocenters. The molecule has 0 aliphatic carbocycles. The van der Waals surface area contributed by atoms with E-state index >= 15 is 0 Å². The third-order valence-corrected chi connectivity index (χ3v) is 4.81. The molecule has 0 bridgehead atoms. The van der Waals surface area contributed by atoms with Gasteiger partial charge in [0.15, 0.2) is 0 Å². The normalized spacial score (nSPS) is 11.8. The van der Waals surface area contributed by atoms with Crippen LogP contribution in [0.1, 0.15) is 32.6 Å². The Hall–Kier alpha value is -1.25. The van der Waals surface area contributed by atoms with E-state index in [-0.39, 0.29) is 11.5 Å². The summed E-state index contributed by atoms with van der Waals surface area (Å²) in [5, 5.41) is 11.7. The minimum absolute atomic E-state index is 0.0919. The molecule has 0 aliphatic rings. The van der Waals surface area contributed by atoms with E-state index < -0.39 is 10.0 Å². The van der Waals surface area contributed by atoms with Gasteiger partial charge in [-0.05, 0) is 25.7 Å². The summed E-state index contributed by atoms with van der Waals surface area (Å²) in [5.74, 6) is 0.432. The van der Waals surface area contributed by atoms with Crippen LogP contribution in [0.3, 0.4) is 0 Å². The number of hydrogen-bond donors (Lipinski definition) is 2. The molecule has 1 rings (SSSR count). The molecule has 0 aliphatic heterocycles. The molecular formula is C13H24N4O3S. The lowest BCUT2D eigenvalue weighted by molar-refractivity contribution is 0.281. The second kappa shape index (κ2) is 8.91. The Bertz CT molecular complexity index is 505. The van der Waals surface area contributed by atoms with Gasteiger partial charge in [-0.15, -0.1) is 0 Å². The van der Waals surface area contributed by atoms with Crippen LogP contribution in [-0.2, 0) is 10.0 Å². The molecule has 1 aromatic rings. The Labute approximate surface area is 126 Å². The average Bonchev–Trinajstić information content (AvgIpc) is 2.49. The van der Waals surface area contributed by atoms with Gasteiger partial charge in [-0.2, -0.15) is 0 Å². The van der Waals surface area contributed by atoms with Crippen LogP contribution in [0.15, 0.2) is 17.3 Å². The highest BCUT2D eigenvalue weighted by molar-refractivity contribution is 7.89. The first-order valence-electron chi connectivity index (χ1n) is 7.15. The number of sulfonamides is 1. The van der Waals surface area contributed by atoms with Gasteiger partial charge < -0.3 is 10.4 Å². The zero-order valence-electron chi connectivity index (χ0n) is 12.6. The van der Waals surface area contributed by atoms with Crippen LogP contribution in [0.25, 0.3) is 0 Å². The van der Waals surface area contributed by atoms with Crippen LogP contribution in [0.5, 0.6) is 0 Å². The summed E-state index contributed by atoms with van der Waals surface area (Å²) in [6.07, 6.45) is 5.80. The van der Waals surface area contributed by atoms with Crippen molar-refractivity contribution in [1.29, 1.82) is 0 Å². The van der Waals surface area contributed by atoms with Crippen molar-refractivity contribution in [3.05, 3.63) is 12.4 Å². The molecule has 1 heterocycles. The summed E-state index contributed by atoms with van der Waals surface area (Å²) >= 11 is 0. The maximum atomic E-state index is 12.3. The molecule has 0 aromatic carbocycles. The highest BCUT2D eigenvalue weighted by Gasteiger charge is 2.21. The fourth-order valence-electron chi connectivity index (χ4n) is 1.70. The number of rotatable bonds is 10. The van der Waals surface area contributed by atoms with Gasteiger partial charge >= 0.3 is 0 Å². The van der Waals surface area contributed by atoms with Gasteiger partial charge in [0, 0.05) is 26.7 Å². The molecule has 0 saturated heterocycles. The Morgan fingerprint density at radius 3 is 2.48 bits per heavy atom. The first-order valence-corrected chi connectivity index (χ1v) is 8.59. The quantitative estimate of drug-likeness (QED) is 0.627. The number of aromatic nitrogens is 2. The topological polar surface area (TPSA) is 95.4 Å². The van der Waals surface area contributed by atoms with Gasteiger partial charge in [-0.25, -0.2) is 22.7 Å². The van der Waals surface area contributed by atoms with Crippen molar-refractivity contribution in [2.75, 3.05) is 32.1 Å². The lowest BCUT2D eigenvalue weighted by Crippen LogP contribution is -2.28. The number of aliphatic hydroxyl groups excluding tert-OH is 1. The largest absolute Gasteiger partial charge is 0.396 e. The summed E-state index contributed by atoms with van der Waals surface area (Å²) in [6, 6.07) is 0. The van der Waals surface area contributed by atoms with Crippen molar-refractivity contribution >= 4 is 16.0 Å². The van der Waals surface area contributed by atoms with Crippen molar-refractivity contribution in [3.8, 4) is 0 Å². The van der Waals surface area contributed by atoms with Gasteiger partial charge in [-0.1, -0.05) is 6.92 Å². The third kappa shape index (κ3) is 5.56. The molecule has 1 aromatic heterocycles. The number of nitrogens with zero attached hydrogens (tertiary/aromatic N) is 3. The van der Waals surface area contributed by atoms with Crippen LogP contribution in [0, 0.1) is 0 Å². The molecular weight excluding hydrogens is 292 g/mol. The van der Waals surface area contributed by atoms with Crippen molar-refractivity contribution in [2.24, 2.45) is 0 Å².